The van der Waals surface area contributed by atoms with Crippen molar-refractivity contribution < 1.29 is 4.79 Å². The molecule has 0 aromatic carbocycles. The monoisotopic (exact) mass is 446 g/mol. The first kappa shape index (κ1) is 20.9. The number of rotatable bonds is 6. The molecule has 0 bridgehead atoms. The minimum absolute atomic E-state index is 0.229. The van der Waals surface area contributed by atoms with Crippen LogP contribution in [0.15, 0.2) is 42.2 Å². The van der Waals surface area contributed by atoms with Crippen LogP contribution in [0.1, 0.15) is 34.4 Å². The second-order valence-corrected chi connectivity index (χ2v) is 9.67. The molecule has 164 valence electrons. The van der Waals surface area contributed by atoms with Crippen LogP contribution in [0.2, 0.25) is 0 Å². The molecular weight excluding hydrogens is 420 g/mol. The molecule has 0 unspecified atom stereocenters. The standard InChI is InChI=1S/C24H26N6OS/c1-15-6-20(4-5-25-15)30-23-11-26-19(7-17(23)10-27-30)9-21(31)8-18-12-29(3)13-22(18)24-28-16(2)14-32-24/h4-7,10-11,14,18,22H,8-9,12-13H2,1-3H3/t18-,22-/m1/s1. The van der Waals surface area contributed by atoms with Gasteiger partial charge in [0, 0.05) is 65.9 Å². The predicted molar refractivity (Wildman–Crippen MR) is 125 cm³/mol. The molecule has 5 rings (SSSR count). The normalized spacial score (nSPS) is 19.1. The van der Waals surface area contributed by atoms with E-state index in [2.05, 4.69) is 32.4 Å². The van der Waals surface area contributed by atoms with Gasteiger partial charge in [-0.05, 0) is 45.0 Å². The van der Waals surface area contributed by atoms with Crippen molar-refractivity contribution in [2.24, 2.45) is 5.92 Å². The number of aryl methyl sites for hydroxylation is 2. The van der Waals surface area contributed by atoms with Crippen LogP contribution in [0.3, 0.4) is 0 Å². The number of carbonyl (C=O) groups excluding carboxylic acids is 1. The molecule has 4 aromatic heterocycles. The number of hydrogen-bond acceptors (Lipinski definition) is 7. The van der Waals surface area contributed by atoms with E-state index in [0.717, 1.165) is 51.8 Å². The molecular formula is C24H26N6OS. The molecule has 0 N–H and O–H groups in total. The Bertz CT molecular complexity index is 1280. The van der Waals surface area contributed by atoms with Crippen LogP contribution >= 0.6 is 11.3 Å². The van der Waals surface area contributed by atoms with Gasteiger partial charge in [0.25, 0.3) is 0 Å². The first-order valence-electron chi connectivity index (χ1n) is 10.8. The Morgan fingerprint density at radius 2 is 2.03 bits per heavy atom. The van der Waals surface area contributed by atoms with Crippen molar-refractivity contribution in [2.75, 3.05) is 20.1 Å². The number of ketones is 1. The summed E-state index contributed by atoms with van der Waals surface area (Å²) in [6.07, 6.45) is 6.32. The smallest absolute Gasteiger partial charge is 0.139 e. The summed E-state index contributed by atoms with van der Waals surface area (Å²) < 4.78 is 1.86. The highest BCUT2D eigenvalue weighted by Gasteiger charge is 2.35. The van der Waals surface area contributed by atoms with Crippen LogP contribution in [0.25, 0.3) is 16.6 Å². The van der Waals surface area contributed by atoms with Gasteiger partial charge in [0.15, 0.2) is 0 Å². The number of fused-ring (bicyclic) bond motifs is 1. The number of Topliss-reactive ketones (excluding diaryl/α,β-unsaturated/α-hetero) is 1. The van der Waals surface area contributed by atoms with E-state index in [0.29, 0.717) is 24.7 Å². The Morgan fingerprint density at radius 1 is 1.16 bits per heavy atom. The molecule has 5 heterocycles. The lowest BCUT2D eigenvalue weighted by Crippen LogP contribution is -2.18. The van der Waals surface area contributed by atoms with Crippen LogP contribution < -0.4 is 0 Å². The Kier molecular flexibility index (Phi) is 5.57. The van der Waals surface area contributed by atoms with Crippen LogP contribution in [-0.2, 0) is 11.2 Å². The number of pyridine rings is 2. The van der Waals surface area contributed by atoms with Gasteiger partial charge in [-0.15, -0.1) is 11.3 Å². The van der Waals surface area contributed by atoms with E-state index in [4.69, 9.17) is 4.98 Å². The lowest BCUT2D eigenvalue weighted by Gasteiger charge is -2.15. The largest absolute Gasteiger partial charge is 0.305 e. The van der Waals surface area contributed by atoms with Crippen molar-refractivity contribution in [3.05, 3.63) is 64.3 Å². The fraction of sp³-hybridized carbons (Fsp3) is 0.375. The molecule has 1 aliphatic heterocycles. The molecule has 2 atom stereocenters. The maximum absolute atomic E-state index is 13.0. The third-order valence-electron chi connectivity index (χ3n) is 6.08. The number of aromatic nitrogens is 5. The van der Waals surface area contributed by atoms with Gasteiger partial charge in [0.2, 0.25) is 0 Å². The summed E-state index contributed by atoms with van der Waals surface area (Å²) in [6, 6.07) is 5.89. The van der Waals surface area contributed by atoms with Crippen molar-refractivity contribution in [1.29, 1.82) is 0 Å². The zero-order valence-corrected chi connectivity index (χ0v) is 19.3. The van der Waals surface area contributed by atoms with Crippen LogP contribution in [0.5, 0.6) is 0 Å². The third-order valence-corrected chi connectivity index (χ3v) is 7.18. The van der Waals surface area contributed by atoms with Crippen molar-refractivity contribution in [3.63, 3.8) is 0 Å². The van der Waals surface area contributed by atoms with E-state index < -0.39 is 0 Å². The maximum Gasteiger partial charge on any atom is 0.139 e. The highest BCUT2D eigenvalue weighted by Crippen LogP contribution is 2.36. The second-order valence-electron chi connectivity index (χ2n) is 8.78. The lowest BCUT2D eigenvalue weighted by atomic mass is 9.90. The van der Waals surface area contributed by atoms with Gasteiger partial charge in [-0.25, -0.2) is 9.67 Å². The van der Waals surface area contributed by atoms with Gasteiger partial charge in [0.1, 0.15) is 5.78 Å². The predicted octanol–water partition coefficient (Wildman–Crippen LogP) is 3.74. The van der Waals surface area contributed by atoms with Crippen LogP contribution in [0, 0.1) is 19.8 Å². The van der Waals surface area contributed by atoms with Crippen molar-refractivity contribution in [2.45, 2.75) is 32.6 Å². The lowest BCUT2D eigenvalue weighted by molar-refractivity contribution is -0.119. The molecule has 0 radical (unpaired) electrons. The molecule has 32 heavy (non-hydrogen) atoms. The van der Waals surface area contributed by atoms with E-state index in [-0.39, 0.29) is 5.78 Å². The van der Waals surface area contributed by atoms with Gasteiger partial charge in [-0.2, -0.15) is 5.10 Å². The Hall–Kier alpha value is -2.97. The van der Waals surface area contributed by atoms with Crippen LogP contribution in [0.4, 0.5) is 0 Å². The van der Waals surface area contributed by atoms with E-state index in [9.17, 15) is 4.79 Å². The molecule has 1 saturated heterocycles. The number of likely N-dealkylation sites (N-methyl/N-ethyl adjacent to an activating group) is 1. The van der Waals surface area contributed by atoms with E-state index in [1.54, 1.807) is 17.5 Å². The molecule has 7 nitrogen and oxygen atoms in total. The fourth-order valence-corrected chi connectivity index (χ4v) is 5.60. The minimum Gasteiger partial charge on any atom is -0.305 e. The van der Waals surface area contributed by atoms with E-state index >= 15 is 0 Å². The molecule has 0 amide bonds. The summed E-state index contributed by atoms with van der Waals surface area (Å²) in [7, 11) is 2.12. The summed E-state index contributed by atoms with van der Waals surface area (Å²) in [5, 5.41) is 8.75. The first-order chi connectivity index (χ1) is 15.5. The zero-order chi connectivity index (χ0) is 22.2. The molecule has 0 spiro atoms. The number of nitrogens with zero attached hydrogens (tertiary/aromatic N) is 6. The van der Waals surface area contributed by atoms with Gasteiger partial charge in [0.05, 0.1) is 28.6 Å². The first-order valence-corrected chi connectivity index (χ1v) is 11.7. The molecule has 1 fully saturated rings. The van der Waals surface area contributed by atoms with Gasteiger partial charge >= 0.3 is 0 Å². The van der Waals surface area contributed by atoms with Gasteiger partial charge in [-0.3, -0.25) is 14.8 Å². The number of hydrogen-bond donors (Lipinski definition) is 0. The van der Waals surface area contributed by atoms with Gasteiger partial charge < -0.3 is 4.90 Å². The quantitative estimate of drug-likeness (QED) is 0.449. The highest BCUT2D eigenvalue weighted by molar-refractivity contribution is 7.09. The minimum atomic E-state index is 0.229. The summed E-state index contributed by atoms with van der Waals surface area (Å²) in [6.45, 7) is 5.88. The Labute approximate surface area is 191 Å². The topological polar surface area (TPSA) is 76.8 Å². The summed E-state index contributed by atoms with van der Waals surface area (Å²) in [5.74, 6) is 0.868. The molecule has 1 aliphatic rings. The average Bonchev–Trinajstić information content (AvgIpc) is 3.46. The van der Waals surface area contributed by atoms with Gasteiger partial charge in [-0.1, -0.05) is 0 Å². The molecule has 8 heteroatoms. The summed E-state index contributed by atoms with van der Waals surface area (Å²) >= 11 is 1.71. The number of likely N-dealkylation sites (tertiary alicyclic amines) is 1. The van der Waals surface area contributed by atoms with Crippen LogP contribution in [-0.4, -0.2) is 55.6 Å². The van der Waals surface area contributed by atoms with Crippen molar-refractivity contribution in [1.82, 2.24) is 29.6 Å². The average molecular weight is 447 g/mol. The third kappa shape index (κ3) is 4.20. The SMILES string of the molecule is Cc1cc(-n2ncc3cc(CC(=O)C[C@@H]4CN(C)C[C@H]4c4nc(C)cs4)ncc32)ccn1. The highest BCUT2D eigenvalue weighted by atomic mass is 32.1. The summed E-state index contributed by atoms with van der Waals surface area (Å²) in [4.78, 5) is 28.8. The van der Waals surface area contributed by atoms with E-state index in [1.807, 2.05) is 49.1 Å². The van der Waals surface area contributed by atoms with E-state index in [1.165, 1.54) is 0 Å². The number of carbonyl (C=O) groups is 1. The molecule has 4 aromatic rings. The molecule has 0 aliphatic carbocycles. The zero-order valence-electron chi connectivity index (χ0n) is 18.5. The van der Waals surface area contributed by atoms with Crippen molar-refractivity contribution in [3.8, 4) is 5.69 Å². The molecule has 0 saturated carbocycles. The fourth-order valence-electron chi connectivity index (χ4n) is 4.62. The Morgan fingerprint density at radius 3 is 2.81 bits per heavy atom. The Balaban J connectivity index is 1.30. The number of thiazole rings is 1. The maximum atomic E-state index is 13.0. The van der Waals surface area contributed by atoms with Crippen molar-refractivity contribution >= 4 is 28.0 Å². The second kappa shape index (κ2) is 8.52. The summed E-state index contributed by atoms with van der Waals surface area (Å²) in [5.41, 5.74) is 4.66.